The Labute approximate surface area is 142 Å². The molecular weight excluding hydrogens is 302 g/mol. The van der Waals surface area contributed by atoms with Crippen molar-refractivity contribution in [2.24, 2.45) is 7.05 Å². The fourth-order valence-electron chi connectivity index (χ4n) is 2.43. The van der Waals surface area contributed by atoms with Gasteiger partial charge in [-0.25, -0.2) is 4.98 Å². The van der Waals surface area contributed by atoms with Crippen molar-refractivity contribution in [3.63, 3.8) is 0 Å². The van der Waals surface area contributed by atoms with E-state index in [2.05, 4.69) is 34.5 Å². The summed E-state index contributed by atoms with van der Waals surface area (Å²) in [6, 6.07) is 10.5. The molecule has 0 spiro atoms. The molecule has 0 bridgehead atoms. The second-order valence-corrected chi connectivity index (χ2v) is 5.90. The van der Waals surface area contributed by atoms with E-state index in [-0.39, 0.29) is 0 Å². The Balaban J connectivity index is 1.45. The average molecular weight is 325 g/mol. The molecule has 1 atom stereocenters. The van der Waals surface area contributed by atoms with E-state index in [0.29, 0.717) is 12.6 Å². The van der Waals surface area contributed by atoms with E-state index in [0.717, 1.165) is 24.7 Å². The van der Waals surface area contributed by atoms with Gasteiger partial charge in [0.05, 0.1) is 6.54 Å². The lowest BCUT2D eigenvalue weighted by Gasteiger charge is -2.14. The van der Waals surface area contributed by atoms with Crippen molar-refractivity contribution >= 4 is 0 Å². The van der Waals surface area contributed by atoms with Crippen molar-refractivity contribution in [1.82, 2.24) is 24.6 Å². The summed E-state index contributed by atoms with van der Waals surface area (Å²) in [5.74, 6) is 1.76. The van der Waals surface area contributed by atoms with Crippen molar-refractivity contribution in [3.8, 4) is 5.75 Å². The minimum atomic E-state index is 0.351. The first-order chi connectivity index (χ1) is 11.7. The number of aromatic nitrogens is 4. The molecule has 2 heterocycles. The van der Waals surface area contributed by atoms with E-state index in [4.69, 9.17) is 4.74 Å². The molecule has 0 fully saturated rings. The van der Waals surface area contributed by atoms with Crippen LogP contribution in [0.2, 0.25) is 0 Å². The zero-order valence-corrected chi connectivity index (χ0v) is 14.1. The molecule has 0 saturated carbocycles. The van der Waals surface area contributed by atoms with E-state index >= 15 is 0 Å². The SMILES string of the molecule is C[C@H](Cn1cccn1)NCc1ccc(OCc2nccn2C)cc1. The molecule has 126 valence electrons. The molecule has 1 aromatic carbocycles. The number of aryl methyl sites for hydroxylation is 1. The smallest absolute Gasteiger partial charge is 0.146 e. The van der Waals surface area contributed by atoms with Gasteiger partial charge in [0.1, 0.15) is 18.2 Å². The van der Waals surface area contributed by atoms with Gasteiger partial charge in [-0.2, -0.15) is 5.10 Å². The Morgan fingerprint density at radius 3 is 2.67 bits per heavy atom. The van der Waals surface area contributed by atoms with Crippen LogP contribution in [0, 0.1) is 0 Å². The second kappa shape index (κ2) is 7.79. The molecule has 0 aliphatic carbocycles. The average Bonchev–Trinajstić information content (AvgIpc) is 3.24. The first-order valence-corrected chi connectivity index (χ1v) is 8.09. The number of nitrogens with one attached hydrogen (secondary N) is 1. The van der Waals surface area contributed by atoms with Gasteiger partial charge in [-0.05, 0) is 30.7 Å². The maximum absolute atomic E-state index is 5.77. The highest BCUT2D eigenvalue weighted by atomic mass is 16.5. The summed E-state index contributed by atoms with van der Waals surface area (Å²) >= 11 is 0. The molecule has 0 unspecified atom stereocenters. The quantitative estimate of drug-likeness (QED) is 0.691. The van der Waals surface area contributed by atoms with Crippen molar-refractivity contribution in [1.29, 1.82) is 0 Å². The van der Waals surface area contributed by atoms with Crippen LogP contribution in [0.5, 0.6) is 5.75 Å². The Morgan fingerprint density at radius 1 is 1.17 bits per heavy atom. The lowest BCUT2D eigenvalue weighted by Crippen LogP contribution is -2.30. The van der Waals surface area contributed by atoms with Gasteiger partial charge in [-0.3, -0.25) is 4.68 Å². The van der Waals surface area contributed by atoms with E-state index in [1.54, 1.807) is 12.4 Å². The highest BCUT2D eigenvalue weighted by molar-refractivity contribution is 5.27. The van der Waals surface area contributed by atoms with Crippen LogP contribution in [0.15, 0.2) is 55.1 Å². The number of hydrogen-bond acceptors (Lipinski definition) is 4. The molecule has 0 aliphatic heterocycles. The normalized spacial score (nSPS) is 12.2. The maximum atomic E-state index is 5.77. The molecule has 6 heteroatoms. The standard InChI is InChI=1S/C18H23N5O/c1-15(13-23-10-3-8-21-23)20-12-16-4-6-17(7-5-16)24-14-18-19-9-11-22(18)2/h3-11,15,20H,12-14H2,1-2H3/t15-/m1/s1. The van der Waals surface area contributed by atoms with E-state index in [1.165, 1.54) is 5.56 Å². The van der Waals surface area contributed by atoms with Gasteiger partial charge in [-0.1, -0.05) is 12.1 Å². The van der Waals surface area contributed by atoms with Gasteiger partial charge in [-0.15, -0.1) is 0 Å². The monoisotopic (exact) mass is 325 g/mol. The zero-order chi connectivity index (χ0) is 16.8. The van der Waals surface area contributed by atoms with Crippen molar-refractivity contribution in [2.45, 2.75) is 32.7 Å². The summed E-state index contributed by atoms with van der Waals surface area (Å²) in [6.07, 6.45) is 7.47. The Bertz CT molecular complexity index is 733. The van der Waals surface area contributed by atoms with Crippen LogP contribution in [0.1, 0.15) is 18.3 Å². The van der Waals surface area contributed by atoms with Crippen LogP contribution in [0.4, 0.5) is 0 Å². The summed E-state index contributed by atoms with van der Waals surface area (Å²) < 4.78 is 9.66. The lowest BCUT2D eigenvalue weighted by atomic mass is 10.2. The second-order valence-electron chi connectivity index (χ2n) is 5.90. The predicted molar refractivity (Wildman–Crippen MR) is 92.5 cm³/mol. The molecule has 6 nitrogen and oxygen atoms in total. The van der Waals surface area contributed by atoms with Gasteiger partial charge < -0.3 is 14.6 Å². The molecule has 0 amide bonds. The molecule has 0 saturated heterocycles. The van der Waals surface area contributed by atoms with Crippen LogP contribution < -0.4 is 10.1 Å². The number of hydrogen-bond donors (Lipinski definition) is 1. The Kier molecular flexibility index (Phi) is 5.28. The predicted octanol–water partition coefficient (Wildman–Crippen LogP) is 2.37. The number of ether oxygens (including phenoxy) is 1. The molecule has 1 N–H and O–H groups in total. The van der Waals surface area contributed by atoms with Crippen LogP contribution in [0.25, 0.3) is 0 Å². The van der Waals surface area contributed by atoms with Gasteiger partial charge in [0.15, 0.2) is 0 Å². The first kappa shape index (κ1) is 16.3. The highest BCUT2D eigenvalue weighted by Gasteiger charge is 2.04. The fourth-order valence-corrected chi connectivity index (χ4v) is 2.43. The van der Waals surface area contributed by atoms with Crippen LogP contribution in [-0.2, 0) is 26.7 Å². The first-order valence-electron chi connectivity index (χ1n) is 8.09. The topological polar surface area (TPSA) is 56.9 Å². The Morgan fingerprint density at radius 2 is 2.00 bits per heavy atom. The van der Waals surface area contributed by atoms with Crippen molar-refractivity contribution in [3.05, 3.63) is 66.5 Å². The molecule has 3 rings (SSSR count). The molecular formula is C18H23N5O. The molecule has 24 heavy (non-hydrogen) atoms. The number of nitrogens with zero attached hydrogens (tertiary/aromatic N) is 4. The number of imidazole rings is 1. The van der Waals surface area contributed by atoms with Gasteiger partial charge in [0.2, 0.25) is 0 Å². The van der Waals surface area contributed by atoms with Gasteiger partial charge >= 0.3 is 0 Å². The molecule has 2 aromatic heterocycles. The van der Waals surface area contributed by atoms with Crippen molar-refractivity contribution in [2.75, 3.05) is 0 Å². The van der Waals surface area contributed by atoms with E-state index < -0.39 is 0 Å². The van der Waals surface area contributed by atoms with E-state index in [1.807, 2.05) is 46.9 Å². The largest absolute Gasteiger partial charge is 0.486 e. The zero-order valence-electron chi connectivity index (χ0n) is 14.1. The minimum Gasteiger partial charge on any atom is -0.486 e. The van der Waals surface area contributed by atoms with Crippen molar-refractivity contribution < 1.29 is 4.74 Å². The van der Waals surface area contributed by atoms with Crippen LogP contribution in [0.3, 0.4) is 0 Å². The minimum absolute atomic E-state index is 0.351. The van der Waals surface area contributed by atoms with Crippen LogP contribution >= 0.6 is 0 Å². The summed E-state index contributed by atoms with van der Waals surface area (Å²) in [4.78, 5) is 4.25. The highest BCUT2D eigenvalue weighted by Crippen LogP contribution is 2.14. The summed E-state index contributed by atoms with van der Waals surface area (Å²) in [6.45, 7) is 4.31. The third kappa shape index (κ3) is 4.45. The van der Waals surface area contributed by atoms with Gasteiger partial charge in [0.25, 0.3) is 0 Å². The summed E-state index contributed by atoms with van der Waals surface area (Å²) in [5.41, 5.74) is 1.23. The summed E-state index contributed by atoms with van der Waals surface area (Å²) in [5, 5.41) is 7.73. The molecule has 0 radical (unpaired) electrons. The fraction of sp³-hybridized carbons (Fsp3) is 0.333. The van der Waals surface area contributed by atoms with Crippen LogP contribution in [-0.4, -0.2) is 25.4 Å². The Hall–Kier alpha value is -2.60. The third-order valence-corrected chi connectivity index (χ3v) is 3.89. The number of rotatable bonds is 8. The molecule has 3 aromatic rings. The van der Waals surface area contributed by atoms with E-state index in [9.17, 15) is 0 Å². The summed E-state index contributed by atoms with van der Waals surface area (Å²) in [7, 11) is 1.96. The van der Waals surface area contributed by atoms with Gasteiger partial charge in [0, 0.05) is 44.4 Å². The lowest BCUT2D eigenvalue weighted by molar-refractivity contribution is 0.291. The number of benzene rings is 1. The maximum Gasteiger partial charge on any atom is 0.146 e. The molecule has 0 aliphatic rings. The third-order valence-electron chi connectivity index (χ3n) is 3.89.